The van der Waals surface area contributed by atoms with Gasteiger partial charge in [0.15, 0.2) is 0 Å². The van der Waals surface area contributed by atoms with Crippen molar-refractivity contribution in [2.24, 2.45) is 0 Å². The zero-order chi connectivity index (χ0) is 23.5. The van der Waals surface area contributed by atoms with Crippen LogP contribution in [0.3, 0.4) is 0 Å². The topological polar surface area (TPSA) is 48.6 Å². The van der Waals surface area contributed by atoms with E-state index in [1.54, 1.807) is 7.11 Å². The zero-order valence-electron chi connectivity index (χ0n) is 19.2. The molecule has 1 aliphatic heterocycles. The predicted octanol–water partition coefficient (Wildman–Crippen LogP) is 5.70. The Balaban J connectivity index is 1.32. The number of aromatic nitrogens is 1. The third kappa shape index (κ3) is 4.62. The standard InChI is InChI=1S/C28H28ClN3O2/c1-34-23-12-10-22(11-13-23)31-14-16-32(17-15-31)28(33)18-25(20-6-8-21(29)9-7-20)26-19-30-27-5-3-2-4-24(26)27/h2-13,19,25,30H,14-18H2,1H3. The van der Waals surface area contributed by atoms with Crippen LogP contribution in [-0.2, 0) is 4.79 Å². The van der Waals surface area contributed by atoms with Gasteiger partial charge in [-0.15, -0.1) is 0 Å². The van der Waals surface area contributed by atoms with Gasteiger partial charge in [0.25, 0.3) is 0 Å². The Morgan fingerprint density at radius 3 is 2.38 bits per heavy atom. The molecule has 174 valence electrons. The van der Waals surface area contributed by atoms with E-state index in [1.807, 2.05) is 59.6 Å². The minimum atomic E-state index is -0.0412. The van der Waals surface area contributed by atoms with Gasteiger partial charge < -0.3 is 19.5 Å². The summed E-state index contributed by atoms with van der Waals surface area (Å²) in [6.45, 7) is 3.06. The van der Waals surface area contributed by atoms with Crippen LogP contribution in [0.5, 0.6) is 5.75 Å². The summed E-state index contributed by atoms with van der Waals surface area (Å²) in [4.78, 5) is 21.1. The Labute approximate surface area is 204 Å². The van der Waals surface area contributed by atoms with Crippen molar-refractivity contribution in [1.29, 1.82) is 0 Å². The predicted molar refractivity (Wildman–Crippen MR) is 138 cm³/mol. The number of benzene rings is 3. The van der Waals surface area contributed by atoms with Crippen LogP contribution in [0.25, 0.3) is 10.9 Å². The maximum Gasteiger partial charge on any atom is 0.223 e. The zero-order valence-corrected chi connectivity index (χ0v) is 20.0. The van der Waals surface area contributed by atoms with E-state index in [1.165, 1.54) is 0 Å². The van der Waals surface area contributed by atoms with Crippen molar-refractivity contribution in [2.75, 3.05) is 38.2 Å². The maximum absolute atomic E-state index is 13.5. The molecule has 6 heteroatoms. The molecule has 0 saturated carbocycles. The van der Waals surface area contributed by atoms with Crippen molar-refractivity contribution in [3.05, 3.63) is 95.1 Å². The number of methoxy groups -OCH3 is 1. The molecule has 1 N–H and O–H groups in total. The number of para-hydroxylation sites is 1. The van der Waals surface area contributed by atoms with Gasteiger partial charge in [-0.1, -0.05) is 41.9 Å². The van der Waals surface area contributed by atoms with Crippen molar-refractivity contribution in [3.8, 4) is 5.75 Å². The van der Waals surface area contributed by atoms with Crippen molar-refractivity contribution < 1.29 is 9.53 Å². The largest absolute Gasteiger partial charge is 0.497 e. The van der Waals surface area contributed by atoms with E-state index >= 15 is 0 Å². The fourth-order valence-corrected chi connectivity index (χ4v) is 4.92. The van der Waals surface area contributed by atoms with Crippen LogP contribution >= 0.6 is 11.6 Å². The van der Waals surface area contributed by atoms with Crippen LogP contribution < -0.4 is 9.64 Å². The fraction of sp³-hybridized carbons (Fsp3) is 0.250. The van der Waals surface area contributed by atoms with E-state index in [-0.39, 0.29) is 11.8 Å². The lowest BCUT2D eigenvalue weighted by Gasteiger charge is -2.36. The molecule has 1 aliphatic rings. The summed E-state index contributed by atoms with van der Waals surface area (Å²) in [6, 6.07) is 24.2. The number of halogens is 1. The van der Waals surface area contributed by atoms with Gasteiger partial charge in [-0.05, 0) is 53.6 Å². The molecule has 2 heterocycles. The number of rotatable bonds is 6. The highest BCUT2D eigenvalue weighted by molar-refractivity contribution is 6.30. The average molecular weight is 474 g/mol. The molecule has 5 nitrogen and oxygen atoms in total. The summed E-state index contributed by atoms with van der Waals surface area (Å²) in [5, 5.41) is 1.85. The number of fused-ring (bicyclic) bond motifs is 1. The van der Waals surface area contributed by atoms with Gasteiger partial charge in [-0.2, -0.15) is 0 Å². The van der Waals surface area contributed by atoms with Crippen LogP contribution in [0.2, 0.25) is 5.02 Å². The van der Waals surface area contributed by atoms with Crippen molar-refractivity contribution >= 4 is 34.1 Å². The van der Waals surface area contributed by atoms with Crippen molar-refractivity contribution in [3.63, 3.8) is 0 Å². The highest BCUT2D eigenvalue weighted by Gasteiger charge is 2.27. The minimum Gasteiger partial charge on any atom is -0.497 e. The van der Waals surface area contributed by atoms with Crippen LogP contribution in [0.4, 0.5) is 5.69 Å². The smallest absolute Gasteiger partial charge is 0.223 e. The lowest BCUT2D eigenvalue weighted by molar-refractivity contribution is -0.131. The van der Waals surface area contributed by atoms with E-state index in [0.29, 0.717) is 24.5 Å². The highest BCUT2D eigenvalue weighted by atomic mass is 35.5. The Hall–Kier alpha value is -3.44. The molecule has 4 aromatic rings. The van der Waals surface area contributed by atoms with E-state index in [4.69, 9.17) is 16.3 Å². The molecule has 1 aromatic heterocycles. The number of hydrogen-bond donors (Lipinski definition) is 1. The van der Waals surface area contributed by atoms with Gasteiger partial charge >= 0.3 is 0 Å². The maximum atomic E-state index is 13.5. The number of anilines is 1. The fourth-order valence-electron chi connectivity index (χ4n) is 4.80. The molecule has 34 heavy (non-hydrogen) atoms. The SMILES string of the molecule is COc1ccc(N2CCN(C(=O)CC(c3ccc(Cl)cc3)c3c[nH]c4ccccc34)CC2)cc1. The lowest BCUT2D eigenvalue weighted by Crippen LogP contribution is -2.49. The normalized spacial score (nSPS) is 14.9. The molecule has 1 atom stereocenters. The second kappa shape index (κ2) is 9.82. The molecule has 1 saturated heterocycles. The Morgan fingerprint density at radius 1 is 0.971 bits per heavy atom. The summed E-state index contributed by atoms with van der Waals surface area (Å²) in [5.74, 6) is 0.989. The number of piperazine rings is 1. The summed E-state index contributed by atoms with van der Waals surface area (Å²) < 4.78 is 5.26. The number of carbonyl (C=O) groups is 1. The first-order valence-corrected chi connectivity index (χ1v) is 12.0. The first-order chi connectivity index (χ1) is 16.6. The van der Waals surface area contributed by atoms with Crippen molar-refractivity contribution in [1.82, 2.24) is 9.88 Å². The summed E-state index contributed by atoms with van der Waals surface area (Å²) in [6.07, 6.45) is 2.46. The molecule has 1 amide bonds. The molecule has 1 fully saturated rings. The summed E-state index contributed by atoms with van der Waals surface area (Å²) in [7, 11) is 1.67. The van der Waals surface area contributed by atoms with Gasteiger partial charge in [-0.3, -0.25) is 4.79 Å². The number of H-pyrrole nitrogens is 1. The minimum absolute atomic E-state index is 0.0412. The van der Waals surface area contributed by atoms with E-state index in [2.05, 4.69) is 34.1 Å². The van der Waals surface area contributed by atoms with E-state index < -0.39 is 0 Å². The van der Waals surface area contributed by atoms with Crippen LogP contribution in [0, 0.1) is 0 Å². The molecule has 3 aromatic carbocycles. The molecule has 0 aliphatic carbocycles. The Morgan fingerprint density at radius 2 is 1.68 bits per heavy atom. The third-order valence-electron chi connectivity index (χ3n) is 6.72. The summed E-state index contributed by atoms with van der Waals surface area (Å²) in [5.41, 5.74) is 4.48. The molecule has 0 bridgehead atoms. The first-order valence-electron chi connectivity index (χ1n) is 11.6. The Kier molecular flexibility index (Phi) is 6.45. The average Bonchev–Trinajstić information content (AvgIpc) is 3.32. The Bertz CT molecular complexity index is 1260. The summed E-state index contributed by atoms with van der Waals surface area (Å²) >= 11 is 6.15. The highest BCUT2D eigenvalue weighted by Crippen LogP contribution is 2.34. The van der Waals surface area contributed by atoms with Gasteiger partial charge in [0.05, 0.1) is 7.11 Å². The number of ether oxygens (including phenoxy) is 1. The van der Waals surface area contributed by atoms with Crippen LogP contribution in [0.15, 0.2) is 79.0 Å². The van der Waals surface area contributed by atoms with Crippen LogP contribution in [-0.4, -0.2) is 49.1 Å². The second-order valence-corrected chi connectivity index (χ2v) is 9.10. The van der Waals surface area contributed by atoms with Crippen LogP contribution in [0.1, 0.15) is 23.5 Å². The lowest BCUT2D eigenvalue weighted by atomic mass is 9.87. The number of nitrogens with one attached hydrogen (secondary N) is 1. The quantitative estimate of drug-likeness (QED) is 0.390. The number of amides is 1. The first kappa shape index (κ1) is 22.4. The van der Waals surface area contributed by atoms with Crippen molar-refractivity contribution in [2.45, 2.75) is 12.3 Å². The molecule has 5 rings (SSSR count). The number of nitrogens with zero attached hydrogens (tertiary/aromatic N) is 2. The molecule has 0 radical (unpaired) electrons. The molecular weight excluding hydrogens is 446 g/mol. The van der Waals surface area contributed by atoms with E-state index in [0.717, 1.165) is 46.6 Å². The monoisotopic (exact) mass is 473 g/mol. The second-order valence-electron chi connectivity index (χ2n) is 8.66. The number of hydrogen-bond acceptors (Lipinski definition) is 3. The van der Waals surface area contributed by atoms with Gasteiger partial charge in [-0.25, -0.2) is 0 Å². The third-order valence-corrected chi connectivity index (χ3v) is 6.97. The molecule has 1 unspecified atom stereocenters. The molecule has 0 spiro atoms. The van der Waals surface area contributed by atoms with Gasteiger partial charge in [0, 0.05) is 66.3 Å². The van der Waals surface area contributed by atoms with E-state index in [9.17, 15) is 4.79 Å². The van der Waals surface area contributed by atoms with Gasteiger partial charge in [0.1, 0.15) is 5.75 Å². The molecular formula is C28H28ClN3O2. The number of aromatic amines is 1. The van der Waals surface area contributed by atoms with Gasteiger partial charge in [0.2, 0.25) is 5.91 Å². The number of carbonyl (C=O) groups excluding carboxylic acids is 1.